The van der Waals surface area contributed by atoms with Crippen LogP contribution in [-0.4, -0.2) is 37.2 Å². The Labute approximate surface area is 132 Å². The molecule has 2 aromatic rings. The zero-order valence-electron chi connectivity index (χ0n) is 13.4. The molecule has 0 amide bonds. The fraction of sp³-hybridized carbons (Fsp3) is 0.368. The summed E-state index contributed by atoms with van der Waals surface area (Å²) in [4.78, 5) is 4.59. The van der Waals surface area contributed by atoms with E-state index in [9.17, 15) is 5.11 Å². The smallest absolute Gasteiger partial charge is 0.117 e. The number of hydrogen-bond acceptors (Lipinski definition) is 3. The molecule has 1 aliphatic heterocycles. The second-order valence-corrected chi connectivity index (χ2v) is 6.25. The van der Waals surface area contributed by atoms with Crippen molar-refractivity contribution in [3.8, 4) is 5.75 Å². The summed E-state index contributed by atoms with van der Waals surface area (Å²) in [7, 11) is 4.21. The Hall–Kier alpha value is -2.00. The van der Waals surface area contributed by atoms with E-state index in [2.05, 4.69) is 54.2 Å². The van der Waals surface area contributed by atoms with Gasteiger partial charge in [0.1, 0.15) is 5.75 Å². The van der Waals surface area contributed by atoms with Crippen LogP contribution in [0.25, 0.3) is 0 Å². The van der Waals surface area contributed by atoms with Crippen molar-refractivity contribution >= 4 is 11.4 Å². The fourth-order valence-electron chi connectivity index (χ4n) is 3.19. The normalized spacial score (nSPS) is 13.7. The molecular formula is C19H24N2O. The van der Waals surface area contributed by atoms with Crippen LogP contribution in [0.4, 0.5) is 11.4 Å². The number of aromatic hydroxyl groups is 1. The summed E-state index contributed by atoms with van der Waals surface area (Å²) in [6.45, 7) is 2.03. The number of anilines is 2. The standard InChI is InChI=1S/C19H24N2O/c1-20(2)12-5-13-21-18-7-4-3-6-15(18)8-9-16-10-11-17(22)14-19(16)21/h3-4,6-7,10-11,14,22H,5,8-9,12-13H2,1-2H3. The first kappa shape index (κ1) is 14.9. The highest BCUT2D eigenvalue weighted by Crippen LogP contribution is 2.37. The topological polar surface area (TPSA) is 26.7 Å². The lowest BCUT2D eigenvalue weighted by Crippen LogP contribution is -2.23. The Morgan fingerprint density at radius 1 is 1.00 bits per heavy atom. The Balaban J connectivity index is 1.98. The number of phenols is 1. The number of benzene rings is 2. The number of para-hydroxylation sites is 1. The molecule has 0 bridgehead atoms. The average molecular weight is 296 g/mol. The van der Waals surface area contributed by atoms with Crippen LogP contribution in [0, 0.1) is 0 Å². The largest absolute Gasteiger partial charge is 0.508 e. The zero-order chi connectivity index (χ0) is 15.5. The van der Waals surface area contributed by atoms with Crippen LogP contribution in [0.15, 0.2) is 42.5 Å². The molecule has 0 fully saturated rings. The molecule has 0 spiro atoms. The van der Waals surface area contributed by atoms with Crippen molar-refractivity contribution in [2.75, 3.05) is 32.1 Å². The molecule has 3 nitrogen and oxygen atoms in total. The van der Waals surface area contributed by atoms with E-state index in [4.69, 9.17) is 0 Å². The van der Waals surface area contributed by atoms with Gasteiger partial charge in [0.2, 0.25) is 0 Å². The fourth-order valence-corrected chi connectivity index (χ4v) is 3.19. The summed E-state index contributed by atoms with van der Waals surface area (Å²) in [6, 6.07) is 14.4. The van der Waals surface area contributed by atoms with Crippen molar-refractivity contribution < 1.29 is 5.11 Å². The quantitative estimate of drug-likeness (QED) is 0.934. The van der Waals surface area contributed by atoms with Gasteiger partial charge < -0.3 is 14.9 Å². The molecular weight excluding hydrogens is 272 g/mol. The number of fused-ring (bicyclic) bond motifs is 2. The van der Waals surface area contributed by atoms with Gasteiger partial charge in [0, 0.05) is 24.0 Å². The van der Waals surface area contributed by atoms with Crippen LogP contribution in [0.1, 0.15) is 17.5 Å². The summed E-state index contributed by atoms with van der Waals surface area (Å²) in [6.07, 6.45) is 3.17. The lowest BCUT2D eigenvalue weighted by molar-refractivity contribution is 0.402. The van der Waals surface area contributed by atoms with Crippen LogP contribution in [0.5, 0.6) is 5.75 Å². The maximum Gasteiger partial charge on any atom is 0.117 e. The molecule has 2 aromatic carbocycles. The van der Waals surface area contributed by atoms with Gasteiger partial charge in [0.25, 0.3) is 0 Å². The molecule has 22 heavy (non-hydrogen) atoms. The van der Waals surface area contributed by atoms with Crippen molar-refractivity contribution in [3.63, 3.8) is 0 Å². The van der Waals surface area contributed by atoms with Gasteiger partial charge in [0.15, 0.2) is 0 Å². The zero-order valence-corrected chi connectivity index (χ0v) is 13.4. The highest BCUT2D eigenvalue weighted by Gasteiger charge is 2.20. The minimum atomic E-state index is 0.343. The first-order chi connectivity index (χ1) is 10.6. The monoisotopic (exact) mass is 296 g/mol. The molecule has 116 valence electrons. The Kier molecular flexibility index (Phi) is 4.34. The van der Waals surface area contributed by atoms with Gasteiger partial charge in [-0.2, -0.15) is 0 Å². The third kappa shape index (κ3) is 3.09. The number of aryl methyl sites for hydroxylation is 2. The van der Waals surface area contributed by atoms with Gasteiger partial charge >= 0.3 is 0 Å². The van der Waals surface area contributed by atoms with Gasteiger partial charge in [-0.05, 0) is 63.2 Å². The van der Waals surface area contributed by atoms with Crippen molar-refractivity contribution in [1.29, 1.82) is 0 Å². The molecule has 0 unspecified atom stereocenters. The second-order valence-electron chi connectivity index (χ2n) is 6.25. The van der Waals surface area contributed by atoms with E-state index in [1.807, 2.05) is 6.07 Å². The maximum absolute atomic E-state index is 9.92. The van der Waals surface area contributed by atoms with E-state index in [0.717, 1.165) is 38.0 Å². The Morgan fingerprint density at radius 3 is 2.50 bits per heavy atom. The van der Waals surface area contributed by atoms with Gasteiger partial charge in [-0.25, -0.2) is 0 Å². The lowest BCUT2D eigenvalue weighted by Gasteiger charge is -2.27. The minimum absolute atomic E-state index is 0.343. The molecule has 1 N–H and O–H groups in total. The van der Waals surface area contributed by atoms with E-state index in [-0.39, 0.29) is 0 Å². The van der Waals surface area contributed by atoms with Crippen LogP contribution in [0.3, 0.4) is 0 Å². The maximum atomic E-state index is 9.92. The summed E-state index contributed by atoms with van der Waals surface area (Å²) in [5, 5.41) is 9.92. The molecule has 0 saturated carbocycles. The van der Waals surface area contributed by atoms with Crippen LogP contribution in [0.2, 0.25) is 0 Å². The number of phenolic OH excluding ortho intramolecular Hbond substituents is 1. The SMILES string of the molecule is CN(C)CCCN1c2ccccc2CCc2ccc(O)cc21. The first-order valence-corrected chi connectivity index (χ1v) is 7.97. The van der Waals surface area contributed by atoms with Crippen molar-refractivity contribution in [1.82, 2.24) is 4.90 Å². The molecule has 3 rings (SSSR count). The molecule has 0 radical (unpaired) electrons. The summed E-state index contributed by atoms with van der Waals surface area (Å²) in [5.74, 6) is 0.343. The number of hydrogen-bond donors (Lipinski definition) is 1. The summed E-state index contributed by atoms with van der Waals surface area (Å²) < 4.78 is 0. The predicted molar refractivity (Wildman–Crippen MR) is 92.1 cm³/mol. The third-order valence-corrected chi connectivity index (χ3v) is 4.29. The van der Waals surface area contributed by atoms with Gasteiger partial charge in [-0.1, -0.05) is 24.3 Å². The van der Waals surface area contributed by atoms with Crippen molar-refractivity contribution in [2.45, 2.75) is 19.3 Å². The van der Waals surface area contributed by atoms with Crippen LogP contribution in [-0.2, 0) is 12.8 Å². The minimum Gasteiger partial charge on any atom is -0.508 e. The van der Waals surface area contributed by atoms with Gasteiger partial charge in [-0.15, -0.1) is 0 Å². The van der Waals surface area contributed by atoms with E-state index in [0.29, 0.717) is 5.75 Å². The van der Waals surface area contributed by atoms with E-state index < -0.39 is 0 Å². The molecule has 0 aromatic heterocycles. The molecule has 1 heterocycles. The Morgan fingerprint density at radius 2 is 1.73 bits per heavy atom. The van der Waals surface area contributed by atoms with Crippen LogP contribution >= 0.6 is 0 Å². The van der Waals surface area contributed by atoms with Gasteiger partial charge in [-0.3, -0.25) is 0 Å². The number of nitrogens with zero attached hydrogens (tertiary/aromatic N) is 2. The van der Waals surface area contributed by atoms with Crippen molar-refractivity contribution in [3.05, 3.63) is 53.6 Å². The lowest BCUT2D eigenvalue weighted by atomic mass is 10.0. The molecule has 0 saturated heterocycles. The molecule has 0 aliphatic carbocycles. The second kappa shape index (κ2) is 6.41. The van der Waals surface area contributed by atoms with E-state index in [1.54, 1.807) is 6.07 Å². The van der Waals surface area contributed by atoms with E-state index in [1.165, 1.54) is 16.8 Å². The third-order valence-electron chi connectivity index (χ3n) is 4.29. The molecule has 1 aliphatic rings. The molecule has 0 atom stereocenters. The summed E-state index contributed by atoms with van der Waals surface area (Å²) >= 11 is 0. The highest BCUT2D eigenvalue weighted by molar-refractivity contribution is 5.72. The first-order valence-electron chi connectivity index (χ1n) is 7.97. The van der Waals surface area contributed by atoms with Gasteiger partial charge in [0.05, 0.1) is 0 Å². The van der Waals surface area contributed by atoms with E-state index >= 15 is 0 Å². The average Bonchev–Trinajstić information content (AvgIpc) is 2.65. The Bertz CT molecular complexity index is 652. The van der Waals surface area contributed by atoms with Crippen molar-refractivity contribution in [2.24, 2.45) is 0 Å². The predicted octanol–water partition coefficient (Wildman–Crippen LogP) is 3.58. The summed E-state index contributed by atoms with van der Waals surface area (Å²) in [5.41, 5.74) is 5.15. The van der Waals surface area contributed by atoms with Crippen LogP contribution < -0.4 is 4.90 Å². The number of rotatable bonds is 4. The highest BCUT2D eigenvalue weighted by atomic mass is 16.3. The molecule has 3 heteroatoms.